The largest absolute Gasteiger partial charge is 0.419 e. The Morgan fingerprint density at radius 2 is 1.95 bits per heavy atom. The summed E-state index contributed by atoms with van der Waals surface area (Å²) in [5.74, 6) is 0.545. The summed E-state index contributed by atoms with van der Waals surface area (Å²) in [5.41, 5.74) is 2.58. The maximum atomic E-state index is 11.6. The zero-order valence-corrected chi connectivity index (χ0v) is 14.3. The third-order valence-electron chi connectivity index (χ3n) is 4.79. The van der Waals surface area contributed by atoms with E-state index in [-0.39, 0.29) is 22.8 Å². The van der Waals surface area contributed by atoms with Crippen molar-refractivity contribution in [1.29, 1.82) is 0 Å². The molecule has 1 aliphatic rings. The van der Waals surface area contributed by atoms with Gasteiger partial charge in [-0.15, -0.1) is 0 Å². The fraction of sp³-hybridized carbons (Fsp3) is 0.562. The molecule has 0 bridgehead atoms. The van der Waals surface area contributed by atoms with Gasteiger partial charge in [0.2, 0.25) is 0 Å². The van der Waals surface area contributed by atoms with Crippen LogP contribution in [-0.2, 0) is 11.8 Å². The number of nitrogens with zero attached hydrogens (tertiary/aromatic N) is 1. The van der Waals surface area contributed by atoms with Crippen molar-refractivity contribution >= 4 is 27.0 Å². The average Bonchev–Trinajstić information content (AvgIpc) is 2.86. The zero-order chi connectivity index (χ0) is 15.3. The van der Waals surface area contributed by atoms with Crippen molar-refractivity contribution in [3.8, 4) is 0 Å². The molecule has 0 N–H and O–H groups in total. The maximum Gasteiger partial charge on any atom is 0.419 e. The topological polar surface area (TPSA) is 44.4 Å². The molecule has 3 rings (SSSR count). The van der Waals surface area contributed by atoms with E-state index in [0.29, 0.717) is 17.4 Å². The predicted octanol–water partition coefficient (Wildman–Crippen LogP) is 3.63. The standard InChI is InChI=1S/C16H20BrNO3/c1-8-9(2)20-10(3)14(8)15(17)11-5-6-12-13(7-11)21-16(19)18(12)4/h5-10,14-15H,1-4H3. The molecule has 2 heterocycles. The number of benzene rings is 1. The van der Waals surface area contributed by atoms with Gasteiger partial charge in [-0.05, 0) is 37.5 Å². The molecule has 1 saturated heterocycles. The van der Waals surface area contributed by atoms with Crippen LogP contribution in [0.1, 0.15) is 31.2 Å². The number of oxazole rings is 1. The van der Waals surface area contributed by atoms with E-state index in [0.717, 1.165) is 11.1 Å². The molecule has 1 fully saturated rings. The first-order valence-corrected chi connectivity index (χ1v) is 8.20. The number of alkyl halides is 1. The first-order valence-electron chi connectivity index (χ1n) is 7.29. The summed E-state index contributed by atoms with van der Waals surface area (Å²) in [4.78, 5) is 11.8. The Hall–Kier alpha value is -1.07. The van der Waals surface area contributed by atoms with Crippen molar-refractivity contribution < 1.29 is 9.15 Å². The molecule has 4 nitrogen and oxygen atoms in total. The van der Waals surface area contributed by atoms with Gasteiger partial charge in [0.15, 0.2) is 5.58 Å². The molecule has 0 amide bonds. The second-order valence-corrected chi connectivity index (χ2v) is 7.03. The van der Waals surface area contributed by atoms with Gasteiger partial charge in [0.05, 0.1) is 17.7 Å². The van der Waals surface area contributed by atoms with Gasteiger partial charge in [0.1, 0.15) is 0 Å². The van der Waals surface area contributed by atoms with Gasteiger partial charge < -0.3 is 9.15 Å². The molecule has 2 aromatic rings. The molecule has 1 aliphatic heterocycles. The van der Waals surface area contributed by atoms with Crippen molar-refractivity contribution in [3.05, 3.63) is 34.3 Å². The molecule has 1 aromatic carbocycles. The van der Waals surface area contributed by atoms with Crippen LogP contribution in [0.5, 0.6) is 0 Å². The molecule has 0 saturated carbocycles. The first-order chi connectivity index (χ1) is 9.90. The predicted molar refractivity (Wildman–Crippen MR) is 85.8 cm³/mol. The van der Waals surface area contributed by atoms with Gasteiger partial charge in [-0.3, -0.25) is 4.57 Å². The van der Waals surface area contributed by atoms with Crippen LogP contribution >= 0.6 is 15.9 Å². The van der Waals surface area contributed by atoms with Crippen LogP contribution in [0.15, 0.2) is 27.4 Å². The summed E-state index contributed by atoms with van der Waals surface area (Å²) in [6.45, 7) is 6.48. The Bertz CT molecular complexity index is 720. The summed E-state index contributed by atoms with van der Waals surface area (Å²) in [6, 6.07) is 5.95. The minimum absolute atomic E-state index is 0.183. The number of aryl methyl sites for hydroxylation is 1. The Morgan fingerprint density at radius 1 is 1.24 bits per heavy atom. The SMILES string of the molecule is CC1OC(C)C(C(Br)c2ccc3c(c2)oc(=O)n3C)C1C. The Labute approximate surface area is 132 Å². The van der Waals surface area contributed by atoms with Crippen LogP contribution < -0.4 is 5.76 Å². The van der Waals surface area contributed by atoms with Gasteiger partial charge in [0.25, 0.3) is 0 Å². The van der Waals surface area contributed by atoms with Crippen molar-refractivity contribution in [2.75, 3.05) is 0 Å². The highest BCUT2D eigenvalue weighted by atomic mass is 79.9. The second kappa shape index (κ2) is 5.29. The van der Waals surface area contributed by atoms with Crippen LogP contribution in [-0.4, -0.2) is 16.8 Å². The van der Waals surface area contributed by atoms with Gasteiger partial charge in [0, 0.05) is 17.8 Å². The molecule has 0 aliphatic carbocycles. The number of hydrogen-bond donors (Lipinski definition) is 0. The fourth-order valence-corrected chi connectivity index (χ4v) is 4.54. The smallest absolute Gasteiger partial charge is 0.408 e. The lowest BCUT2D eigenvalue weighted by molar-refractivity contribution is 0.0511. The van der Waals surface area contributed by atoms with Crippen LogP contribution in [0, 0.1) is 11.8 Å². The lowest BCUT2D eigenvalue weighted by Gasteiger charge is -2.24. The molecule has 0 radical (unpaired) electrons. The Kier molecular flexibility index (Phi) is 3.74. The summed E-state index contributed by atoms with van der Waals surface area (Å²) >= 11 is 3.83. The quantitative estimate of drug-likeness (QED) is 0.774. The number of hydrogen-bond acceptors (Lipinski definition) is 3. The molecule has 5 unspecified atom stereocenters. The van der Waals surface area contributed by atoms with E-state index < -0.39 is 0 Å². The lowest BCUT2D eigenvalue weighted by Crippen LogP contribution is -2.21. The Morgan fingerprint density at radius 3 is 2.57 bits per heavy atom. The van der Waals surface area contributed by atoms with Crippen molar-refractivity contribution in [3.63, 3.8) is 0 Å². The fourth-order valence-electron chi connectivity index (χ4n) is 3.34. The van der Waals surface area contributed by atoms with Crippen LogP contribution in [0.4, 0.5) is 0 Å². The molecule has 1 aromatic heterocycles. The maximum absolute atomic E-state index is 11.6. The normalized spacial score (nSPS) is 30.9. The molecule has 5 atom stereocenters. The van der Waals surface area contributed by atoms with Crippen molar-refractivity contribution in [2.24, 2.45) is 18.9 Å². The summed E-state index contributed by atoms with van der Waals surface area (Å²) in [5, 5.41) is 0. The number of fused-ring (bicyclic) bond motifs is 1. The Balaban J connectivity index is 1.98. The molecular formula is C16H20BrNO3. The van der Waals surface area contributed by atoms with Gasteiger partial charge in [-0.2, -0.15) is 0 Å². The van der Waals surface area contributed by atoms with Gasteiger partial charge in [-0.1, -0.05) is 28.9 Å². The average molecular weight is 354 g/mol. The molecule has 0 spiro atoms. The molecule has 21 heavy (non-hydrogen) atoms. The lowest BCUT2D eigenvalue weighted by atomic mass is 9.84. The van der Waals surface area contributed by atoms with E-state index in [4.69, 9.17) is 9.15 Å². The molecule has 5 heteroatoms. The highest BCUT2D eigenvalue weighted by molar-refractivity contribution is 9.09. The summed E-state index contributed by atoms with van der Waals surface area (Å²) < 4.78 is 12.7. The van der Waals surface area contributed by atoms with E-state index in [1.54, 1.807) is 7.05 Å². The third-order valence-corrected chi connectivity index (χ3v) is 5.93. The highest BCUT2D eigenvalue weighted by Gasteiger charge is 2.41. The van der Waals surface area contributed by atoms with Crippen LogP contribution in [0.2, 0.25) is 0 Å². The summed E-state index contributed by atoms with van der Waals surface area (Å²) in [7, 11) is 1.72. The summed E-state index contributed by atoms with van der Waals surface area (Å²) in [6.07, 6.45) is 0.473. The molecule has 114 valence electrons. The van der Waals surface area contributed by atoms with Crippen LogP contribution in [0.25, 0.3) is 11.1 Å². The van der Waals surface area contributed by atoms with Gasteiger partial charge in [-0.25, -0.2) is 4.79 Å². The van der Waals surface area contributed by atoms with Crippen molar-refractivity contribution in [2.45, 2.75) is 37.8 Å². The number of aromatic nitrogens is 1. The van der Waals surface area contributed by atoms with E-state index >= 15 is 0 Å². The second-order valence-electron chi connectivity index (χ2n) is 6.04. The number of halogens is 1. The van der Waals surface area contributed by atoms with E-state index in [2.05, 4.69) is 42.8 Å². The molecular weight excluding hydrogens is 334 g/mol. The highest BCUT2D eigenvalue weighted by Crippen LogP contribution is 2.45. The third kappa shape index (κ3) is 2.36. The zero-order valence-electron chi connectivity index (χ0n) is 12.7. The minimum atomic E-state index is -0.326. The van der Waals surface area contributed by atoms with Crippen molar-refractivity contribution in [1.82, 2.24) is 4.57 Å². The monoisotopic (exact) mass is 353 g/mol. The van der Waals surface area contributed by atoms with Crippen LogP contribution in [0.3, 0.4) is 0 Å². The van der Waals surface area contributed by atoms with E-state index in [1.165, 1.54) is 4.57 Å². The first kappa shape index (κ1) is 14.9. The number of ether oxygens (including phenoxy) is 1. The van der Waals surface area contributed by atoms with E-state index in [9.17, 15) is 4.79 Å². The number of rotatable bonds is 2. The van der Waals surface area contributed by atoms with E-state index in [1.807, 2.05) is 12.1 Å². The van der Waals surface area contributed by atoms with Gasteiger partial charge >= 0.3 is 5.76 Å². The minimum Gasteiger partial charge on any atom is -0.408 e.